The van der Waals surface area contributed by atoms with Crippen LogP contribution >= 0.6 is 12.2 Å². The van der Waals surface area contributed by atoms with Crippen LogP contribution < -0.4 is 0 Å². The number of aryl methyl sites for hydroxylation is 1. The summed E-state index contributed by atoms with van der Waals surface area (Å²) < 4.78 is 2.67. The number of carbonyl (C=O) groups is 2. The molecule has 0 atom stereocenters. The Labute approximate surface area is 157 Å². The third-order valence-corrected chi connectivity index (χ3v) is 5.57. The van der Waals surface area contributed by atoms with E-state index in [1.54, 1.807) is 0 Å². The molecule has 0 spiro atoms. The van der Waals surface area contributed by atoms with Gasteiger partial charge in [0.2, 0.25) is 0 Å². The maximum absolute atomic E-state index is 12.9. The summed E-state index contributed by atoms with van der Waals surface area (Å²) >= 11 is 5.27. The van der Waals surface area contributed by atoms with Crippen molar-refractivity contribution in [2.45, 2.75) is 53.0 Å². The Balaban J connectivity index is 1.74. The molecule has 1 aliphatic heterocycles. The van der Waals surface area contributed by atoms with Gasteiger partial charge in [-0.05, 0) is 58.3 Å². The van der Waals surface area contributed by atoms with Crippen LogP contribution in [0.15, 0.2) is 0 Å². The molecule has 2 aromatic rings. The predicted octanol–water partition coefficient (Wildman–Crippen LogP) is 3.13. The summed E-state index contributed by atoms with van der Waals surface area (Å²) in [4.78, 5) is 29.7. The number of nitrogens with zero attached hydrogens (tertiary/aromatic N) is 3. The number of hydrogen-bond donors (Lipinski definition) is 2. The van der Waals surface area contributed by atoms with E-state index in [-0.39, 0.29) is 11.7 Å². The Morgan fingerprint density at radius 2 is 1.92 bits per heavy atom. The third kappa shape index (κ3) is 3.13. The fourth-order valence-corrected chi connectivity index (χ4v) is 4.21. The topological polar surface area (TPSA) is 86.8 Å². The fourth-order valence-electron chi connectivity index (χ4n) is 3.94. The number of Topliss-reactive ketones (excluding diaryl/α,β-unsaturated/α-hetero) is 1. The van der Waals surface area contributed by atoms with Crippen molar-refractivity contribution in [3.63, 3.8) is 0 Å². The van der Waals surface area contributed by atoms with E-state index in [9.17, 15) is 9.59 Å². The normalized spacial score (nSPS) is 15.5. The van der Waals surface area contributed by atoms with Gasteiger partial charge in [-0.3, -0.25) is 14.7 Å². The lowest BCUT2D eigenvalue weighted by Crippen LogP contribution is -2.38. The molecule has 0 aliphatic carbocycles. The van der Waals surface area contributed by atoms with Crippen molar-refractivity contribution < 1.29 is 9.59 Å². The summed E-state index contributed by atoms with van der Waals surface area (Å²) in [6.45, 7) is 9.37. The van der Waals surface area contributed by atoms with Crippen molar-refractivity contribution in [2.75, 3.05) is 13.1 Å². The SMILES string of the molecule is CCn1c(C2CCN(C(=O)c3[nH]c(C)c(C(C)=O)c3C)CC2)n[nH]c1=S. The van der Waals surface area contributed by atoms with Gasteiger partial charge in [0.15, 0.2) is 10.6 Å². The van der Waals surface area contributed by atoms with Crippen molar-refractivity contribution in [3.05, 3.63) is 33.1 Å². The van der Waals surface area contributed by atoms with Gasteiger partial charge in [0.05, 0.1) is 0 Å². The molecular formula is C18H25N5O2S. The first-order valence-corrected chi connectivity index (χ1v) is 9.40. The van der Waals surface area contributed by atoms with Gasteiger partial charge in [-0.15, -0.1) is 0 Å². The first-order valence-electron chi connectivity index (χ1n) is 8.99. The molecule has 26 heavy (non-hydrogen) atoms. The van der Waals surface area contributed by atoms with Crippen LogP contribution in [0.25, 0.3) is 0 Å². The van der Waals surface area contributed by atoms with Crippen molar-refractivity contribution >= 4 is 23.9 Å². The van der Waals surface area contributed by atoms with Gasteiger partial charge in [-0.1, -0.05) is 0 Å². The second-order valence-electron chi connectivity index (χ2n) is 6.88. The number of nitrogens with one attached hydrogen (secondary N) is 2. The van der Waals surface area contributed by atoms with E-state index in [4.69, 9.17) is 12.2 Å². The van der Waals surface area contributed by atoms with Gasteiger partial charge in [-0.25, -0.2) is 0 Å². The Hall–Kier alpha value is -2.22. The number of aromatic nitrogens is 4. The highest BCUT2D eigenvalue weighted by Crippen LogP contribution is 2.28. The van der Waals surface area contributed by atoms with Gasteiger partial charge in [-0.2, -0.15) is 5.10 Å². The quantitative estimate of drug-likeness (QED) is 0.635. The molecule has 1 aliphatic rings. The molecule has 3 rings (SSSR count). The highest BCUT2D eigenvalue weighted by atomic mass is 32.1. The molecule has 0 bridgehead atoms. The van der Waals surface area contributed by atoms with Crippen LogP contribution in [0.5, 0.6) is 0 Å². The smallest absolute Gasteiger partial charge is 0.270 e. The van der Waals surface area contributed by atoms with Gasteiger partial charge in [0.1, 0.15) is 11.5 Å². The number of H-pyrrole nitrogens is 2. The van der Waals surface area contributed by atoms with E-state index in [0.29, 0.717) is 35.0 Å². The molecule has 1 amide bonds. The van der Waals surface area contributed by atoms with Gasteiger partial charge >= 0.3 is 0 Å². The molecule has 140 valence electrons. The number of amides is 1. The van der Waals surface area contributed by atoms with E-state index in [1.165, 1.54) is 6.92 Å². The van der Waals surface area contributed by atoms with E-state index >= 15 is 0 Å². The number of aromatic amines is 2. The average Bonchev–Trinajstić information content (AvgIpc) is 3.13. The van der Waals surface area contributed by atoms with E-state index in [0.717, 1.165) is 36.5 Å². The molecule has 1 fully saturated rings. The Morgan fingerprint density at radius 3 is 2.46 bits per heavy atom. The molecule has 0 aromatic carbocycles. The lowest BCUT2D eigenvalue weighted by atomic mass is 9.95. The minimum atomic E-state index is -0.0362. The van der Waals surface area contributed by atoms with Crippen molar-refractivity contribution in [3.8, 4) is 0 Å². The minimum absolute atomic E-state index is 0.0172. The van der Waals surface area contributed by atoms with E-state index in [1.807, 2.05) is 23.3 Å². The molecule has 3 heterocycles. The first-order chi connectivity index (χ1) is 12.3. The maximum Gasteiger partial charge on any atom is 0.270 e. The zero-order chi connectivity index (χ0) is 19.0. The number of likely N-dealkylation sites (tertiary alicyclic amines) is 1. The zero-order valence-electron chi connectivity index (χ0n) is 15.7. The van der Waals surface area contributed by atoms with Crippen LogP contribution in [0.3, 0.4) is 0 Å². The summed E-state index contributed by atoms with van der Waals surface area (Å²) in [5.74, 6) is 1.23. The number of rotatable bonds is 4. The number of ketones is 1. The van der Waals surface area contributed by atoms with Crippen molar-refractivity contribution in [1.82, 2.24) is 24.6 Å². The molecule has 2 aromatic heterocycles. The summed E-state index contributed by atoms with van der Waals surface area (Å²) in [5, 5.41) is 7.26. The number of carbonyl (C=O) groups excluding carboxylic acids is 2. The van der Waals surface area contributed by atoms with Gasteiger partial charge in [0, 0.05) is 36.8 Å². The van der Waals surface area contributed by atoms with Crippen molar-refractivity contribution in [2.24, 2.45) is 0 Å². The van der Waals surface area contributed by atoms with Crippen LogP contribution in [0.1, 0.15) is 70.5 Å². The predicted molar refractivity (Wildman–Crippen MR) is 101 cm³/mol. The fraction of sp³-hybridized carbons (Fsp3) is 0.556. The highest BCUT2D eigenvalue weighted by molar-refractivity contribution is 7.71. The van der Waals surface area contributed by atoms with Crippen molar-refractivity contribution in [1.29, 1.82) is 0 Å². The molecular weight excluding hydrogens is 350 g/mol. The van der Waals surface area contributed by atoms with Gasteiger partial charge in [0.25, 0.3) is 5.91 Å². The molecule has 8 heteroatoms. The zero-order valence-corrected chi connectivity index (χ0v) is 16.5. The van der Waals surface area contributed by atoms with Crippen LogP contribution in [0.4, 0.5) is 0 Å². The van der Waals surface area contributed by atoms with E-state index in [2.05, 4.69) is 22.1 Å². The summed E-state index contributed by atoms with van der Waals surface area (Å²) in [7, 11) is 0. The lowest BCUT2D eigenvalue weighted by molar-refractivity contribution is 0.0704. The highest BCUT2D eigenvalue weighted by Gasteiger charge is 2.29. The molecule has 0 unspecified atom stereocenters. The van der Waals surface area contributed by atoms with Crippen LogP contribution in [-0.2, 0) is 6.54 Å². The third-order valence-electron chi connectivity index (χ3n) is 5.25. The second-order valence-corrected chi connectivity index (χ2v) is 7.27. The minimum Gasteiger partial charge on any atom is -0.354 e. The summed E-state index contributed by atoms with van der Waals surface area (Å²) in [6, 6.07) is 0. The number of hydrogen-bond acceptors (Lipinski definition) is 4. The molecule has 0 radical (unpaired) electrons. The lowest BCUT2D eigenvalue weighted by Gasteiger charge is -2.31. The van der Waals surface area contributed by atoms with Crippen LogP contribution in [0.2, 0.25) is 0 Å². The van der Waals surface area contributed by atoms with Crippen LogP contribution in [0, 0.1) is 18.6 Å². The Morgan fingerprint density at radius 1 is 1.27 bits per heavy atom. The maximum atomic E-state index is 12.9. The molecule has 7 nitrogen and oxygen atoms in total. The van der Waals surface area contributed by atoms with Gasteiger partial charge < -0.3 is 14.5 Å². The molecule has 1 saturated heterocycles. The standard InChI is InChI=1S/C18H25N5O2S/c1-5-23-16(20-21-18(23)26)13-6-8-22(9-7-13)17(25)15-10(2)14(12(4)24)11(3)19-15/h13,19H,5-9H2,1-4H3,(H,21,26). The Bertz CT molecular complexity index is 899. The monoisotopic (exact) mass is 375 g/mol. The average molecular weight is 375 g/mol. The van der Waals surface area contributed by atoms with Crippen LogP contribution in [-0.4, -0.2) is 49.4 Å². The molecule has 0 saturated carbocycles. The Kier molecular flexibility index (Phi) is 5.13. The first kappa shape index (κ1) is 18.6. The molecule has 2 N–H and O–H groups in total. The second kappa shape index (κ2) is 7.19. The summed E-state index contributed by atoms with van der Waals surface area (Å²) in [6.07, 6.45) is 1.70. The summed E-state index contributed by atoms with van der Waals surface area (Å²) in [5.41, 5.74) is 2.66. The largest absolute Gasteiger partial charge is 0.354 e. The number of piperidine rings is 1. The van der Waals surface area contributed by atoms with E-state index < -0.39 is 0 Å².